The first-order valence-corrected chi connectivity index (χ1v) is 7.34. The highest BCUT2D eigenvalue weighted by Crippen LogP contribution is 2.23. The average molecular weight is 307 g/mol. The normalized spacial score (nSPS) is 10.5. The molecule has 0 unspecified atom stereocenters. The lowest BCUT2D eigenvalue weighted by Gasteiger charge is -2.11. The third kappa shape index (κ3) is 3.82. The molecule has 0 amide bonds. The van der Waals surface area contributed by atoms with Gasteiger partial charge in [-0.2, -0.15) is 5.10 Å². The first-order valence-electron chi connectivity index (χ1n) is 6.96. The van der Waals surface area contributed by atoms with Crippen molar-refractivity contribution in [3.05, 3.63) is 40.2 Å². The molecule has 0 atom stereocenters. The summed E-state index contributed by atoms with van der Waals surface area (Å²) in [6, 6.07) is 5.54. The predicted octanol–water partition coefficient (Wildman–Crippen LogP) is 3.27. The Morgan fingerprint density at radius 2 is 1.90 bits per heavy atom. The molecule has 0 fully saturated rings. The summed E-state index contributed by atoms with van der Waals surface area (Å²) in [5.41, 5.74) is 2.92. The molecule has 2 rings (SSSR count). The molecule has 1 N–H and O–H groups in total. The van der Waals surface area contributed by atoms with Crippen molar-refractivity contribution >= 4 is 17.5 Å². The van der Waals surface area contributed by atoms with E-state index in [0.29, 0.717) is 17.5 Å². The summed E-state index contributed by atoms with van der Waals surface area (Å²) in [4.78, 5) is 4.50. The maximum absolute atomic E-state index is 5.95. The zero-order valence-corrected chi connectivity index (χ0v) is 13.2. The summed E-state index contributed by atoms with van der Waals surface area (Å²) < 4.78 is 5.32. The monoisotopic (exact) mass is 306 g/mol. The number of benzene rings is 1. The van der Waals surface area contributed by atoms with Gasteiger partial charge in [0, 0.05) is 17.1 Å². The van der Waals surface area contributed by atoms with Gasteiger partial charge in [0.25, 0.3) is 0 Å². The Hall–Kier alpha value is -1.88. The molecule has 6 heteroatoms. The third-order valence-electron chi connectivity index (χ3n) is 3.20. The van der Waals surface area contributed by atoms with Crippen LogP contribution in [-0.4, -0.2) is 22.3 Å². The van der Waals surface area contributed by atoms with Gasteiger partial charge in [0.15, 0.2) is 0 Å². The Labute approximate surface area is 129 Å². The minimum absolute atomic E-state index is 0.529. The number of rotatable bonds is 6. The van der Waals surface area contributed by atoms with Crippen molar-refractivity contribution in [3.8, 4) is 5.75 Å². The number of hydrogen-bond acceptors (Lipinski definition) is 5. The van der Waals surface area contributed by atoms with E-state index >= 15 is 0 Å². The molecule has 0 aliphatic carbocycles. The van der Waals surface area contributed by atoms with Gasteiger partial charge in [-0.05, 0) is 25.0 Å². The van der Waals surface area contributed by atoms with Crippen LogP contribution < -0.4 is 10.1 Å². The molecule has 1 aromatic heterocycles. The Morgan fingerprint density at radius 3 is 2.57 bits per heavy atom. The highest BCUT2D eigenvalue weighted by Gasteiger charge is 2.08. The molecule has 5 nitrogen and oxygen atoms in total. The van der Waals surface area contributed by atoms with Crippen LogP contribution in [0, 0.1) is 0 Å². The highest BCUT2D eigenvalue weighted by molar-refractivity contribution is 6.30. The van der Waals surface area contributed by atoms with Crippen molar-refractivity contribution in [1.29, 1.82) is 0 Å². The number of hydrogen-bond donors (Lipinski definition) is 1. The molecule has 0 saturated heterocycles. The van der Waals surface area contributed by atoms with E-state index in [9.17, 15) is 0 Å². The largest absolute Gasteiger partial charge is 0.496 e. The maximum atomic E-state index is 5.95. The lowest BCUT2D eigenvalue weighted by atomic mass is 10.2. The number of aryl methyl sites for hydroxylation is 2. The number of nitrogens with zero attached hydrogens (tertiary/aromatic N) is 3. The zero-order valence-electron chi connectivity index (χ0n) is 12.5. The van der Waals surface area contributed by atoms with E-state index in [1.165, 1.54) is 0 Å². The van der Waals surface area contributed by atoms with Crippen molar-refractivity contribution in [1.82, 2.24) is 15.2 Å². The molecule has 21 heavy (non-hydrogen) atoms. The number of halogens is 1. The fourth-order valence-electron chi connectivity index (χ4n) is 2.05. The second-order valence-electron chi connectivity index (χ2n) is 4.55. The van der Waals surface area contributed by atoms with E-state index in [-0.39, 0.29) is 0 Å². The Bertz CT molecular complexity index is 619. The van der Waals surface area contributed by atoms with Gasteiger partial charge in [0.1, 0.15) is 5.75 Å². The standard InChI is InChI=1S/C15H19ClN4O/c1-4-12-13(5-2)19-20-15(18-12)17-9-10-6-7-11(16)8-14(10)21-3/h6-8H,4-5,9H2,1-3H3,(H,17,18,20). The summed E-state index contributed by atoms with van der Waals surface area (Å²) in [6.07, 6.45) is 1.69. The lowest BCUT2D eigenvalue weighted by Crippen LogP contribution is -2.10. The van der Waals surface area contributed by atoms with Crippen LogP contribution in [0.2, 0.25) is 5.02 Å². The molecule has 1 aromatic carbocycles. The first kappa shape index (κ1) is 15.5. The SMILES string of the molecule is CCc1nnc(NCc2ccc(Cl)cc2OC)nc1CC. The van der Waals surface area contributed by atoms with Crippen molar-refractivity contribution in [2.45, 2.75) is 33.2 Å². The summed E-state index contributed by atoms with van der Waals surface area (Å²) >= 11 is 5.95. The van der Waals surface area contributed by atoms with E-state index in [1.807, 2.05) is 12.1 Å². The molecule has 2 aromatic rings. The van der Waals surface area contributed by atoms with E-state index in [1.54, 1.807) is 13.2 Å². The average Bonchev–Trinajstić information content (AvgIpc) is 2.53. The van der Waals surface area contributed by atoms with Crippen LogP contribution in [0.5, 0.6) is 5.75 Å². The van der Waals surface area contributed by atoms with Gasteiger partial charge in [0.2, 0.25) is 5.95 Å². The lowest BCUT2D eigenvalue weighted by molar-refractivity contribution is 0.410. The molecule has 112 valence electrons. The minimum atomic E-state index is 0.529. The van der Waals surface area contributed by atoms with Gasteiger partial charge in [0.05, 0.1) is 18.5 Å². The van der Waals surface area contributed by atoms with Gasteiger partial charge < -0.3 is 10.1 Å². The van der Waals surface area contributed by atoms with Crippen molar-refractivity contribution in [2.75, 3.05) is 12.4 Å². The number of methoxy groups -OCH3 is 1. The number of ether oxygens (including phenoxy) is 1. The summed E-state index contributed by atoms with van der Waals surface area (Å²) in [6.45, 7) is 4.67. The summed E-state index contributed by atoms with van der Waals surface area (Å²) in [7, 11) is 1.62. The van der Waals surface area contributed by atoms with Crippen LogP contribution in [0.25, 0.3) is 0 Å². The Balaban J connectivity index is 2.13. The Morgan fingerprint density at radius 1 is 1.14 bits per heavy atom. The van der Waals surface area contributed by atoms with E-state index < -0.39 is 0 Å². The molecule has 0 spiro atoms. The molecule has 0 aliphatic rings. The molecule has 0 bridgehead atoms. The summed E-state index contributed by atoms with van der Waals surface area (Å²) in [5.74, 6) is 1.27. The van der Waals surface area contributed by atoms with Crippen molar-refractivity contribution < 1.29 is 4.74 Å². The zero-order chi connectivity index (χ0) is 15.2. The van der Waals surface area contributed by atoms with Crippen LogP contribution in [0.3, 0.4) is 0 Å². The summed E-state index contributed by atoms with van der Waals surface area (Å²) in [5, 5.41) is 12.1. The molecule has 0 saturated carbocycles. The maximum Gasteiger partial charge on any atom is 0.243 e. The minimum Gasteiger partial charge on any atom is -0.496 e. The Kier molecular flexibility index (Phi) is 5.33. The van der Waals surface area contributed by atoms with Gasteiger partial charge in [-0.1, -0.05) is 31.5 Å². The second kappa shape index (κ2) is 7.22. The van der Waals surface area contributed by atoms with Crippen LogP contribution in [0.1, 0.15) is 30.8 Å². The van der Waals surface area contributed by atoms with Crippen LogP contribution in [0.15, 0.2) is 18.2 Å². The van der Waals surface area contributed by atoms with Crippen LogP contribution in [0.4, 0.5) is 5.95 Å². The fraction of sp³-hybridized carbons (Fsp3) is 0.400. The second-order valence-corrected chi connectivity index (χ2v) is 4.98. The van der Waals surface area contributed by atoms with Crippen molar-refractivity contribution in [2.24, 2.45) is 0 Å². The highest BCUT2D eigenvalue weighted by atomic mass is 35.5. The third-order valence-corrected chi connectivity index (χ3v) is 3.43. The number of anilines is 1. The van der Waals surface area contributed by atoms with E-state index in [2.05, 4.69) is 34.3 Å². The van der Waals surface area contributed by atoms with Gasteiger partial charge in [-0.3, -0.25) is 0 Å². The molecule has 0 radical (unpaired) electrons. The van der Waals surface area contributed by atoms with Gasteiger partial charge in [-0.25, -0.2) is 4.98 Å². The van der Waals surface area contributed by atoms with Crippen LogP contribution >= 0.6 is 11.6 Å². The van der Waals surface area contributed by atoms with Gasteiger partial charge >= 0.3 is 0 Å². The predicted molar refractivity (Wildman–Crippen MR) is 83.9 cm³/mol. The quantitative estimate of drug-likeness (QED) is 0.887. The topological polar surface area (TPSA) is 59.9 Å². The molecule has 0 aliphatic heterocycles. The van der Waals surface area contributed by atoms with E-state index in [4.69, 9.17) is 16.3 Å². The molecular formula is C15H19ClN4O. The van der Waals surface area contributed by atoms with Gasteiger partial charge in [-0.15, -0.1) is 5.10 Å². The van der Waals surface area contributed by atoms with Crippen LogP contribution in [-0.2, 0) is 19.4 Å². The van der Waals surface area contributed by atoms with Crippen molar-refractivity contribution in [3.63, 3.8) is 0 Å². The smallest absolute Gasteiger partial charge is 0.243 e. The molecule has 1 heterocycles. The number of nitrogens with one attached hydrogen (secondary N) is 1. The molecular weight excluding hydrogens is 288 g/mol. The fourth-order valence-corrected chi connectivity index (χ4v) is 2.21. The number of aromatic nitrogens is 3. The van der Waals surface area contributed by atoms with E-state index in [0.717, 1.165) is 35.5 Å². The first-order chi connectivity index (χ1) is 10.2.